The third-order valence-corrected chi connectivity index (χ3v) is 3.15. The SMILES string of the molecule is Cc1ccc(-c2c(N)nc(N(C)C)[nH]c2=O)cc1C. The molecule has 100 valence electrons. The first kappa shape index (κ1) is 13.1. The molecule has 2 aromatic rings. The molecule has 0 amide bonds. The Morgan fingerprint density at radius 2 is 1.89 bits per heavy atom. The van der Waals surface area contributed by atoms with Crippen molar-refractivity contribution in [2.75, 3.05) is 24.7 Å². The maximum Gasteiger partial charge on any atom is 0.262 e. The minimum absolute atomic E-state index is 0.223. The summed E-state index contributed by atoms with van der Waals surface area (Å²) in [6.45, 7) is 4.03. The quantitative estimate of drug-likeness (QED) is 0.859. The van der Waals surface area contributed by atoms with Crippen LogP contribution in [0.5, 0.6) is 0 Å². The van der Waals surface area contributed by atoms with E-state index in [1.807, 2.05) is 32.0 Å². The van der Waals surface area contributed by atoms with Crippen LogP contribution < -0.4 is 16.2 Å². The summed E-state index contributed by atoms with van der Waals surface area (Å²) >= 11 is 0. The van der Waals surface area contributed by atoms with Crippen molar-refractivity contribution in [1.82, 2.24) is 9.97 Å². The average Bonchev–Trinajstić information content (AvgIpc) is 2.32. The summed E-state index contributed by atoms with van der Waals surface area (Å²) in [4.78, 5) is 20.8. The van der Waals surface area contributed by atoms with Crippen molar-refractivity contribution in [3.8, 4) is 11.1 Å². The van der Waals surface area contributed by atoms with Gasteiger partial charge < -0.3 is 10.6 Å². The Balaban J connectivity index is 2.63. The second-order valence-corrected chi connectivity index (χ2v) is 4.84. The van der Waals surface area contributed by atoms with Crippen LogP contribution in [-0.4, -0.2) is 24.1 Å². The molecule has 0 fully saturated rings. The van der Waals surface area contributed by atoms with Gasteiger partial charge in [0.15, 0.2) is 0 Å². The first-order valence-corrected chi connectivity index (χ1v) is 6.05. The maximum absolute atomic E-state index is 12.2. The highest BCUT2D eigenvalue weighted by Crippen LogP contribution is 2.23. The van der Waals surface area contributed by atoms with E-state index in [9.17, 15) is 4.79 Å². The van der Waals surface area contributed by atoms with E-state index in [0.717, 1.165) is 11.1 Å². The minimum atomic E-state index is -0.223. The highest BCUT2D eigenvalue weighted by Gasteiger charge is 2.12. The molecule has 19 heavy (non-hydrogen) atoms. The normalized spacial score (nSPS) is 10.5. The molecular formula is C14H18N4O. The standard InChI is InChI=1S/C14H18N4O/c1-8-5-6-10(7-9(8)2)11-12(15)16-14(18(3)4)17-13(11)19/h5-7H,1-4H3,(H3,15,16,17,19). The predicted molar refractivity (Wildman–Crippen MR) is 78.5 cm³/mol. The second kappa shape index (κ2) is 4.76. The molecule has 0 aliphatic heterocycles. The van der Waals surface area contributed by atoms with Gasteiger partial charge in [0.1, 0.15) is 5.82 Å². The van der Waals surface area contributed by atoms with Crippen LogP contribution in [-0.2, 0) is 0 Å². The fraction of sp³-hybridized carbons (Fsp3) is 0.286. The molecule has 0 aliphatic carbocycles. The Bertz CT molecular complexity index is 674. The number of nitrogens with zero attached hydrogens (tertiary/aromatic N) is 2. The lowest BCUT2D eigenvalue weighted by Crippen LogP contribution is -2.21. The summed E-state index contributed by atoms with van der Waals surface area (Å²) in [6.07, 6.45) is 0. The predicted octanol–water partition coefficient (Wildman–Crippen LogP) is 1.70. The molecule has 0 atom stereocenters. The Labute approximate surface area is 112 Å². The third kappa shape index (κ3) is 2.45. The van der Waals surface area contributed by atoms with E-state index in [4.69, 9.17) is 5.73 Å². The van der Waals surface area contributed by atoms with Crippen LogP contribution in [0.2, 0.25) is 0 Å². The fourth-order valence-corrected chi connectivity index (χ4v) is 1.87. The van der Waals surface area contributed by atoms with Gasteiger partial charge in [-0.05, 0) is 30.5 Å². The van der Waals surface area contributed by atoms with E-state index in [1.165, 1.54) is 5.56 Å². The Kier molecular flexibility index (Phi) is 3.29. The highest BCUT2D eigenvalue weighted by molar-refractivity contribution is 5.74. The summed E-state index contributed by atoms with van der Waals surface area (Å²) in [5, 5.41) is 0. The number of nitrogens with one attached hydrogen (secondary N) is 1. The summed E-state index contributed by atoms with van der Waals surface area (Å²) in [5.74, 6) is 0.700. The first-order valence-electron chi connectivity index (χ1n) is 6.05. The van der Waals surface area contributed by atoms with Gasteiger partial charge in [0.2, 0.25) is 5.95 Å². The van der Waals surface area contributed by atoms with Gasteiger partial charge in [-0.25, -0.2) is 0 Å². The van der Waals surface area contributed by atoms with Gasteiger partial charge in [0.05, 0.1) is 5.56 Å². The molecule has 1 heterocycles. The Morgan fingerprint density at radius 3 is 2.42 bits per heavy atom. The zero-order valence-electron chi connectivity index (χ0n) is 11.6. The minimum Gasteiger partial charge on any atom is -0.383 e. The van der Waals surface area contributed by atoms with Gasteiger partial charge >= 0.3 is 0 Å². The maximum atomic E-state index is 12.2. The number of hydrogen-bond donors (Lipinski definition) is 2. The lowest BCUT2D eigenvalue weighted by Gasteiger charge is -2.13. The first-order chi connectivity index (χ1) is 8.90. The van der Waals surface area contributed by atoms with Crippen molar-refractivity contribution in [3.05, 3.63) is 39.7 Å². The molecule has 3 N–H and O–H groups in total. The number of anilines is 2. The summed E-state index contributed by atoms with van der Waals surface area (Å²) in [5.41, 5.74) is 9.21. The van der Waals surface area contributed by atoms with Gasteiger partial charge in [-0.15, -0.1) is 0 Å². The van der Waals surface area contributed by atoms with Gasteiger partial charge in [-0.3, -0.25) is 9.78 Å². The molecule has 0 aliphatic rings. The number of hydrogen-bond acceptors (Lipinski definition) is 4. The van der Waals surface area contributed by atoms with E-state index >= 15 is 0 Å². The average molecular weight is 258 g/mol. The fourth-order valence-electron chi connectivity index (χ4n) is 1.87. The number of H-pyrrole nitrogens is 1. The number of aryl methyl sites for hydroxylation is 2. The van der Waals surface area contributed by atoms with E-state index in [2.05, 4.69) is 9.97 Å². The Hall–Kier alpha value is -2.30. The van der Waals surface area contributed by atoms with Gasteiger partial charge in [-0.1, -0.05) is 18.2 Å². The van der Waals surface area contributed by atoms with Gasteiger partial charge in [-0.2, -0.15) is 4.98 Å². The topological polar surface area (TPSA) is 75.0 Å². The van der Waals surface area contributed by atoms with Crippen molar-refractivity contribution in [2.24, 2.45) is 0 Å². The van der Waals surface area contributed by atoms with Crippen molar-refractivity contribution < 1.29 is 0 Å². The van der Waals surface area contributed by atoms with Crippen LogP contribution in [0.15, 0.2) is 23.0 Å². The van der Waals surface area contributed by atoms with Crippen LogP contribution in [0.4, 0.5) is 11.8 Å². The molecule has 2 rings (SSSR count). The van der Waals surface area contributed by atoms with E-state index in [-0.39, 0.29) is 11.4 Å². The molecule has 0 saturated carbocycles. The van der Waals surface area contributed by atoms with Crippen molar-refractivity contribution in [1.29, 1.82) is 0 Å². The number of benzene rings is 1. The molecule has 0 radical (unpaired) electrons. The lowest BCUT2D eigenvalue weighted by molar-refractivity contribution is 0.987. The van der Waals surface area contributed by atoms with Crippen molar-refractivity contribution in [3.63, 3.8) is 0 Å². The molecule has 1 aromatic heterocycles. The molecule has 0 saturated heterocycles. The molecule has 0 spiro atoms. The molecule has 5 heteroatoms. The molecule has 0 unspecified atom stereocenters. The smallest absolute Gasteiger partial charge is 0.262 e. The van der Waals surface area contributed by atoms with Crippen LogP contribution >= 0.6 is 0 Å². The zero-order valence-corrected chi connectivity index (χ0v) is 11.6. The van der Waals surface area contributed by atoms with E-state index < -0.39 is 0 Å². The number of nitrogens with two attached hydrogens (primary N) is 1. The van der Waals surface area contributed by atoms with Crippen LogP contribution in [0.1, 0.15) is 11.1 Å². The zero-order chi connectivity index (χ0) is 14.2. The molecular weight excluding hydrogens is 240 g/mol. The van der Waals surface area contributed by atoms with E-state index in [0.29, 0.717) is 11.5 Å². The number of nitrogen functional groups attached to an aromatic ring is 1. The lowest BCUT2D eigenvalue weighted by atomic mass is 10.0. The largest absolute Gasteiger partial charge is 0.383 e. The van der Waals surface area contributed by atoms with Crippen LogP contribution in [0.3, 0.4) is 0 Å². The van der Waals surface area contributed by atoms with Gasteiger partial charge in [0, 0.05) is 14.1 Å². The monoisotopic (exact) mass is 258 g/mol. The Morgan fingerprint density at radius 1 is 1.21 bits per heavy atom. The number of aromatic amines is 1. The summed E-state index contributed by atoms with van der Waals surface area (Å²) in [6, 6.07) is 5.82. The highest BCUT2D eigenvalue weighted by atomic mass is 16.1. The number of aromatic nitrogens is 2. The third-order valence-electron chi connectivity index (χ3n) is 3.15. The van der Waals surface area contributed by atoms with Crippen LogP contribution in [0, 0.1) is 13.8 Å². The van der Waals surface area contributed by atoms with Gasteiger partial charge in [0.25, 0.3) is 5.56 Å². The van der Waals surface area contributed by atoms with Crippen molar-refractivity contribution >= 4 is 11.8 Å². The summed E-state index contributed by atoms with van der Waals surface area (Å²) in [7, 11) is 3.60. The van der Waals surface area contributed by atoms with Crippen LogP contribution in [0.25, 0.3) is 11.1 Å². The van der Waals surface area contributed by atoms with Crippen molar-refractivity contribution in [2.45, 2.75) is 13.8 Å². The summed E-state index contributed by atoms with van der Waals surface area (Å²) < 4.78 is 0. The second-order valence-electron chi connectivity index (χ2n) is 4.84. The molecule has 0 bridgehead atoms. The number of rotatable bonds is 2. The molecule has 1 aromatic carbocycles. The van der Waals surface area contributed by atoms with E-state index in [1.54, 1.807) is 19.0 Å². The molecule has 5 nitrogen and oxygen atoms in total.